The van der Waals surface area contributed by atoms with Crippen molar-refractivity contribution >= 4 is 44.5 Å². The van der Waals surface area contributed by atoms with Crippen LogP contribution in [0.5, 0.6) is 0 Å². The maximum absolute atomic E-state index is 3.70. The molecule has 0 saturated carbocycles. The third-order valence-corrected chi connectivity index (χ3v) is 5.57. The molecule has 98 valence electrons. The molecule has 3 heteroatoms. The van der Waals surface area contributed by atoms with Crippen LogP contribution in [0.15, 0.2) is 30.3 Å². The number of hydrogen-bond acceptors (Lipinski definition) is 1. The molecule has 3 heterocycles. The number of H-pyrrole nitrogens is 2. The molecule has 0 radical (unpaired) electrons. The number of rotatable bonds is 0. The van der Waals surface area contributed by atoms with E-state index in [1.54, 1.807) is 0 Å². The van der Waals surface area contributed by atoms with Crippen LogP contribution < -0.4 is 5.32 Å². The fourth-order valence-corrected chi connectivity index (χ4v) is 4.86. The highest BCUT2D eigenvalue weighted by molar-refractivity contribution is 6.25. The van der Waals surface area contributed by atoms with E-state index in [4.69, 9.17) is 0 Å². The Hall–Kier alpha value is -2.68. The Morgan fingerprint density at radius 1 is 0.762 bits per heavy atom. The number of nitrogens with one attached hydrogen (secondary N) is 3. The summed E-state index contributed by atoms with van der Waals surface area (Å²) in [5.41, 5.74) is 9.37. The maximum atomic E-state index is 3.70. The highest BCUT2D eigenvalue weighted by Gasteiger charge is 2.41. The predicted molar refractivity (Wildman–Crippen MR) is 85.9 cm³/mol. The van der Waals surface area contributed by atoms with Crippen LogP contribution in [0.25, 0.3) is 38.8 Å². The summed E-state index contributed by atoms with van der Waals surface area (Å²) in [6.07, 6.45) is 4.55. The fraction of sp³-hybridized carbons (Fsp3) is 0.111. The molecule has 0 fully saturated rings. The van der Waals surface area contributed by atoms with Gasteiger partial charge in [-0.1, -0.05) is 6.08 Å². The third-order valence-electron chi connectivity index (χ3n) is 5.57. The Balaban J connectivity index is 1.97. The molecule has 0 saturated heterocycles. The maximum Gasteiger partial charge on any atom is 0.0559 e. The minimum Gasteiger partial charge on any atom is -0.378 e. The molecule has 0 spiro atoms. The van der Waals surface area contributed by atoms with E-state index in [-0.39, 0.29) is 0 Å². The van der Waals surface area contributed by atoms with Gasteiger partial charge in [0, 0.05) is 50.0 Å². The van der Waals surface area contributed by atoms with Gasteiger partial charge < -0.3 is 15.3 Å². The number of aromatic nitrogens is 2. The van der Waals surface area contributed by atoms with Crippen molar-refractivity contribution in [2.45, 2.75) is 12.0 Å². The Morgan fingerprint density at radius 3 is 2.48 bits per heavy atom. The van der Waals surface area contributed by atoms with Crippen LogP contribution in [0.4, 0.5) is 5.69 Å². The summed E-state index contributed by atoms with van der Waals surface area (Å²) in [5, 5.41) is 7.97. The van der Waals surface area contributed by atoms with Crippen LogP contribution >= 0.6 is 0 Å². The van der Waals surface area contributed by atoms with E-state index in [1.807, 2.05) is 0 Å². The zero-order chi connectivity index (χ0) is 13.3. The highest BCUT2D eigenvalue weighted by Crippen LogP contribution is 2.55. The van der Waals surface area contributed by atoms with Crippen molar-refractivity contribution in [3.63, 3.8) is 0 Å². The van der Waals surface area contributed by atoms with Gasteiger partial charge in [0.15, 0.2) is 0 Å². The van der Waals surface area contributed by atoms with Crippen LogP contribution in [0.3, 0.4) is 0 Å². The van der Waals surface area contributed by atoms with E-state index in [1.165, 1.54) is 55.2 Å². The summed E-state index contributed by atoms with van der Waals surface area (Å²) in [4.78, 5) is 7.22. The third kappa shape index (κ3) is 0.777. The van der Waals surface area contributed by atoms with Gasteiger partial charge in [-0.2, -0.15) is 0 Å². The molecule has 4 aromatic rings. The summed E-state index contributed by atoms with van der Waals surface area (Å²) in [7, 11) is 0. The van der Waals surface area contributed by atoms with Gasteiger partial charge in [0.2, 0.25) is 0 Å². The van der Waals surface area contributed by atoms with Gasteiger partial charge in [-0.05, 0) is 41.5 Å². The van der Waals surface area contributed by atoms with Crippen molar-refractivity contribution in [3.8, 4) is 0 Å². The molecule has 3 nitrogen and oxygen atoms in total. The standard InChI is InChI=1S/C18H11N3/c1-2-8-14-13-7(1)19-9-3-4-11-17(15(9)13)18-12(21-11)6-5-10(20-8)16(14)18/h1-7,13,19-21H/t7-,13?/m0/s1. The lowest BCUT2D eigenvalue weighted by atomic mass is 9.77. The summed E-state index contributed by atoms with van der Waals surface area (Å²) < 4.78 is 0. The lowest BCUT2D eigenvalue weighted by molar-refractivity contribution is 0.786. The zero-order valence-corrected chi connectivity index (χ0v) is 11.1. The number of benzene rings is 2. The molecule has 2 atom stereocenters. The summed E-state index contributed by atoms with van der Waals surface area (Å²) in [6, 6.07) is 9.26. The molecular weight excluding hydrogens is 258 g/mol. The second-order valence-corrected chi connectivity index (χ2v) is 6.44. The van der Waals surface area contributed by atoms with Gasteiger partial charge >= 0.3 is 0 Å². The topological polar surface area (TPSA) is 43.6 Å². The van der Waals surface area contributed by atoms with Crippen molar-refractivity contribution in [2.75, 3.05) is 5.32 Å². The van der Waals surface area contributed by atoms with Gasteiger partial charge in [0.05, 0.1) is 6.04 Å². The van der Waals surface area contributed by atoms with Gasteiger partial charge in [-0.25, -0.2) is 0 Å². The molecule has 1 unspecified atom stereocenters. The van der Waals surface area contributed by atoms with E-state index in [9.17, 15) is 0 Å². The second-order valence-electron chi connectivity index (χ2n) is 6.44. The van der Waals surface area contributed by atoms with Gasteiger partial charge in [0.1, 0.15) is 0 Å². The Labute approximate surface area is 119 Å². The Bertz CT molecular complexity index is 1170. The van der Waals surface area contributed by atoms with Crippen LogP contribution in [-0.4, -0.2) is 16.0 Å². The molecule has 7 rings (SSSR count). The van der Waals surface area contributed by atoms with Crippen molar-refractivity contribution in [3.05, 3.63) is 47.2 Å². The average Bonchev–Trinajstić information content (AvgIpc) is 3.14. The lowest BCUT2D eigenvalue weighted by Gasteiger charge is -2.25. The molecule has 0 bridgehead atoms. The zero-order valence-electron chi connectivity index (χ0n) is 11.1. The minimum atomic E-state index is 0.399. The van der Waals surface area contributed by atoms with E-state index < -0.39 is 0 Å². The lowest BCUT2D eigenvalue weighted by Crippen LogP contribution is -2.22. The summed E-state index contributed by atoms with van der Waals surface area (Å²) in [6.45, 7) is 0. The number of anilines is 1. The molecule has 2 aliphatic carbocycles. The molecule has 3 N–H and O–H groups in total. The molecular formula is C18H11N3. The first kappa shape index (κ1) is 9.29. The molecule has 1 aliphatic heterocycles. The van der Waals surface area contributed by atoms with Gasteiger partial charge in [-0.15, -0.1) is 0 Å². The first-order valence-electron chi connectivity index (χ1n) is 7.48. The van der Waals surface area contributed by atoms with Gasteiger partial charge in [-0.3, -0.25) is 0 Å². The van der Waals surface area contributed by atoms with Crippen LogP contribution in [0.2, 0.25) is 0 Å². The van der Waals surface area contributed by atoms with Crippen LogP contribution in [-0.2, 0) is 0 Å². The van der Waals surface area contributed by atoms with Crippen LogP contribution in [0, 0.1) is 0 Å². The van der Waals surface area contributed by atoms with Crippen molar-refractivity contribution in [2.24, 2.45) is 0 Å². The molecule has 2 aromatic heterocycles. The Morgan fingerprint density at radius 2 is 1.52 bits per heavy atom. The summed E-state index contributed by atoms with van der Waals surface area (Å²) >= 11 is 0. The monoisotopic (exact) mass is 269 g/mol. The SMILES string of the molecule is C1=C[C@@H]2Nc3ccc4[nH]c5ccc6[nH]c1c1c6c5c4c3C12. The Kier molecular flexibility index (Phi) is 1.14. The molecule has 21 heavy (non-hydrogen) atoms. The average molecular weight is 269 g/mol. The summed E-state index contributed by atoms with van der Waals surface area (Å²) in [5.74, 6) is 0.464. The second kappa shape index (κ2) is 2.58. The van der Waals surface area contributed by atoms with E-state index in [2.05, 4.69) is 51.7 Å². The molecule has 3 aliphatic rings. The normalized spacial score (nSPS) is 23.4. The van der Waals surface area contributed by atoms with E-state index in [0.717, 1.165) is 0 Å². The first-order valence-corrected chi connectivity index (χ1v) is 7.48. The van der Waals surface area contributed by atoms with E-state index >= 15 is 0 Å². The van der Waals surface area contributed by atoms with Crippen molar-refractivity contribution in [1.29, 1.82) is 0 Å². The fourth-order valence-electron chi connectivity index (χ4n) is 4.86. The number of hydrogen-bond donors (Lipinski definition) is 3. The molecule has 2 aromatic carbocycles. The van der Waals surface area contributed by atoms with E-state index in [0.29, 0.717) is 12.0 Å². The smallest absolute Gasteiger partial charge is 0.0559 e. The minimum absolute atomic E-state index is 0.399. The first-order chi connectivity index (χ1) is 10.4. The molecule has 0 amide bonds. The predicted octanol–water partition coefficient (Wildman–Crippen LogP) is 4.07. The van der Waals surface area contributed by atoms with Crippen molar-refractivity contribution < 1.29 is 0 Å². The largest absolute Gasteiger partial charge is 0.378 e. The highest BCUT2D eigenvalue weighted by atomic mass is 15.0. The number of aromatic amines is 2. The van der Waals surface area contributed by atoms with Crippen LogP contribution in [0.1, 0.15) is 22.7 Å². The van der Waals surface area contributed by atoms with Gasteiger partial charge in [0.25, 0.3) is 0 Å². The van der Waals surface area contributed by atoms with Crippen molar-refractivity contribution in [1.82, 2.24) is 9.97 Å². The quantitative estimate of drug-likeness (QED) is 0.442.